The molecule has 0 bridgehead atoms. The van der Waals surface area contributed by atoms with Crippen LogP contribution in [0.2, 0.25) is 0 Å². The Kier molecular flexibility index (Phi) is 1.68. The van der Waals surface area contributed by atoms with Gasteiger partial charge in [0.05, 0.1) is 0 Å². The number of hydrogen-bond donors (Lipinski definition) is 1. The molecule has 0 fully saturated rings. The first-order chi connectivity index (χ1) is 4.50. The number of amidine groups is 1. The highest BCUT2D eigenvalue weighted by Gasteiger charge is 2.17. The maximum atomic E-state index is 10.6. The third-order valence-electron chi connectivity index (χ3n) is 1.11. The topological polar surface area (TPSA) is 53.8 Å². The van der Waals surface area contributed by atoms with Crippen molar-refractivity contribution in [2.24, 2.45) is 14.3 Å². The van der Waals surface area contributed by atoms with Crippen LogP contribution in [0.5, 0.6) is 0 Å². The molecule has 0 radical (unpaired) electrons. The highest BCUT2D eigenvalue weighted by atomic mass is 32.2. The summed E-state index contributed by atoms with van der Waals surface area (Å²) in [6, 6.07) is 0. The second-order valence-electron chi connectivity index (χ2n) is 3.12. The van der Waals surface area contributed by atoms with Crippen molar-refractivity contribution in [2.45, 2.75) is 20.8 Å². The summed E-state index contributed by atoms with van der Waals surface area (Å²) >= 11 is 0. The van der Waals surface area contributed by atoms with Gasteiger partial charge in [-0.3, -0.25) is 9.90 Å². The van der Waals surface area contributed by atoms with Gasteiger partial charge in [-0.15, -0.1) is 0 Å². The predicted molar refractivity (Wildman–Crippen MR) is 40.5 cm³/mol. The van der Waals surface area contributed by atoms with E-state index in [-0.39, 0.29) is 5.41 Å². The standard InChI is InChI=1S/C5H10N3OS/c1-5(2,3)4-6-8-10(9)7-4/h1-3H3,(H,6,7,8,9)/q-1. The third-order valence-corrected chi connectivity index (χ3v) is 1.70. The Bertz CT molecular complexity index is 244. The lowest BCUT2D eigenvalue weighted by Gasteiger charge is -2.18. The molecule has 0 amide bonds. The molecule has 1 rings (SSSR count). The molecule has 0 aromatic heterocycles. The minimum atomic E-state index is -1.40. The summed E-state index contributed by atoms with van der Waals surface area (Å²) in [6.45, 7) is 5.95. The van der Waals surface area contributed by atoms with E-state index in [2.05, 4.69) is 14.3 Å². The van der Waals surface area contributed by atoms with Gasteiger partial charge in [0.1, 0.15) is 5.84 Å². The van der Waals surface area contributed by atoms with Crippen molar-refractivity contribution in [1.29, 1.82) is 0 Å². The molecule has 0 atom stereocenters. The van der Waals surface area contributed by atoms with E-state index in [9.17, 15) is 4.21 Å². The minimum absolute atomic E-state index is 0.0876. The fourth-order valence-electron chi connectivity index (χ4n) is 0.506. The molecular formula is C5H10N3OS-. The molecular weight excluding hydrogens is 150 g/mol. The summed E-state index contributed by atoms with van der Waals surface area (Å²) < 4.78 is 17.9. The molecule has 0 unspecified atom stereocenters. The first-order valence-corrected chi connectivity index (χ1v) is 4.04. The molecule has 4 nitrogen and oxygen atoms in total. The van der Waals surface area contributed by atoms with Gasteiger partial charge in [0.25, 0.3) is 0 Å². The van der Waals surface area contributed by atoms with Gasteiger partial charge in [-0.1, -0.05) is 31.6 Å². The second-order valence-corrected chi connectivity index (χ2v) is 3.95. The van der Waals surface area contributed by atoms with E-state index in [0.717, 1.165) is 0 Å². The fraction of sp³-hybridized carbons (Fsp3) is 0.800. The average Bonchev–Trinajstić information content (AvgIpc) is 2.11. The van der Waals surface area contributed by atoms with Crippen LogP contribution in [0, 0.1) is 5.41 Å². The molecule has 0 saturated heterocycles. The zero-order chi connectivity index (χ0) is 7.78. The monoisotopic (exact) mass is 160 g/mol. The average molecular weight is 160 g/mol. The van der Waals surface area contributed by atoms with Crippen LogP contribution in [0.1, 0.15) is 20.8 Å². The van der Waals surface area contributed by atoms with E-state index >= 15 is 0 Å². The Labute approximate surface area is 62.1 Å². The van der Waals surface area contributed by atoms with Crippen LogP contribution in [0.15, 0.2) is 8.87 Å². The van der Waals surface area contributed by atoms with E-state index in [1.54, 1.807) is 0 Å². The first kappa shape index (κ1) is 7.53. The summed E-state index contributed by atoms with van der Waals surface area (Å²) in [7, 11) is -1.40. The van der Waals surface area contributed by atoms with Crippen LogP contribution in [0.25, 0.3) is 0 Å². The van der Waals surface area contributed by atoms with Crippen LogP contribution >= 0.6 is 0 Å². The summed E-state index contributed by atoms with van der Waals surface area (Å²) in [5.74, 6) is 0.686. The second kappa shape index (κ2) is 2.23. The predicted octanol–water partition coefficient (Wildman–Crippen LogP) is 1.01. The molecule has 1 N–H and O–H groups in total. The van der Waals surface area contributed by atoms with Crippen molar-refractivity contribution in [3.63, 3.8) is 0 Å². The van der Waals surface area contributed by atoms with Crippen molar-refractivity contribution in [2.75, 3.05) is 0 Å². The first-order valence-electron chi connectivity index (χ1n) is 2.98. The maximum absolute atomic E-state index is 10.6. The quantitative estimate of drug-likeness (QED) is 0.538. The molecule has 58 valence electrons. The molecule has 10 heavy (non-hydrogen) atoms. The van der Waals surface area contributed by atoms with Gasteiger partial charge < -0.3 is 8.61 Å². The number of rotatable bonds is 0. The van der Waals surface area contributed by atoms with Gasteiger partial charge in [0.2, 0.25) is 0 Å². The van der Waals surface area contributed by atoms with Crippen molar-refractivity contribution in [1.82, 2.24) is 5.43 Å². The largest absolute Gasteiger partial charge is 0.421 e. The van der Waals surface area contributed by atoms with E-state index < -0.39 is 10.8 Å². The Morgan fingerprint density at radius 2 is 2.10 bits per heavy atom. The SMILES string of the molecule is CC(C)(C)C1=N[S-](=O)=NN1. The van der Waals surface area contributed by atoms with Gasteiger partial charge in [-0.2, -0.15) is 0 Å². The van der Waals surface area contributed by atoms with Crippen LogP contribution in [0.3, 0.4) is 0 Å². The highest BCUT2D eigenvalue weighted by molar-refractivity contribution is 7.73. The Hall–Kier alpha value is -0.580. The number of nitrogens with zero attached hydrogens (tertiary/aromatic N) is 2. The Balaban J connectivity index is 2.83. The minimum Gasteiger partial charge on any atom is -0.421 e. The van der Waals surface area contributed by atoms with Crippen molar-refractivity contribution in [3.05, 3.63) is 0 Å². The van der Waals surface area contributed by atoms with E-state index in [1.165, 1.54) is 0 Å². The van der Waals surface area contributed by atoms with Gasteiger partial charge >= 0.3 is 0 Å². The van der Waals surface area contributed by atoms with Crippen molar-refractivity contribution < 1.29 is 4.21 Å². The maximum Gasteiger partial charge on any atom is 0.103 e. The summed E-state index contributed by atoms with van der Waals surface area (Å²) in [5, 5.41) is 0. The number of nitrogens with one attached hydrogen (secondary N) is 1. The molecule has 0 saturated carbocycles. The third kappa shape index (κ3) is 1.47. The molecule has 0 spiro atoms. The van der Waals surface area contributed by atoms with Crippen LogP contribution < -0.4 is 5.43 Å². The van der Waals surface area contributed by atoms with Crippen molar-refractivity contribution in [3.8, 4) is 0 Å². The van der Waals surface area contributed by atoms with E-state index in [0.29, 0.717) is 5.84 Å². The van der Waals surface area contributed by atoms with Gasteiger partial charge in [0.15, 0.2) is 0 Å². The molecule has 0 aromatic carbocycles. The van der Waals surface area contributed by atoms with E-state index in [4.69, 9.17) is 0 Å². The molecule has 0 aliphatic carbocycles. The Morgan fingerprint density at radius 1 is 1.50 bits per heavy atom. The van der Waals surface area contributed by atoms with E-state index in [1.807, 2.05) is 20.8 Å². The van der Waals surface area contributed by atoms with Crippen molar-refractivity contribution >= 4 is 16.6 Å². The molecule has 1 aliphatic rings. The zero-order valence-corrected chi connectivity index (χ0v) is 7.03. The smallest absolute Gasteiger partial charge is 0.103 e. The number of hydrogen-bond acceptors (Lipinski definition) is 4. The summed E-state index contributed by atoms with van der Waals surface area (Å²) in [6.07, 6.45) is 0. The molecule has 1 aliphatic heterocycles. The van der Waals surface area contributed by atoms with Crippen LogP contribution in [0.4, 0.5) is 0 Å². The zero-order valence-electron chi connectivity index (χ0n) is 6.21. The molecule has 0 aromatic rings. The lowest BCUT2D eigenvalue weighted by Crippen LogP contribution is -2.29. The lowest BCUT2D eigenvalue weighted by atomic mass is 9.96. The highest BCUT2D eigenvalue weighted by Crippen LogP contribution is 2.16. The lowest BCUT2D eigenvalue weighted by molar-refractivity contribution is 0.572. The van der Waals surface area contributed by atoms with Crippen LogP contribution in [-0.2, 0) is 15.0 Å². The molecule has 1 heterocycles. The normalized spacial score (nSPS) is 19.7. The van der Waals surface area contributed by atoms with Gasteiger partial charge in [-0.25, -0.2) is 0 Å². The van der Waals surface area contributed by atoms with Gasteiger partial charge in [0, 0.05) is 5.41 Å². The van der Waals surface area contributed by atoms with Gasteiger partial charge in [-0.05, 0) is 0 Å². The Morgan fingerprint density at radius 3 is 2.30 bits per heavy atom. The summed E-state index contributed by atoms with van der Waals surface area (Å²) in [5.41, 5.74) is 2.53. The summed E-state index contributed by atoms with van der Waals surface area (Å²) in [4.78, 5) is 0. The van der Waals surface area contributed by atoms with Crippen LogP contribution in [-0.4, -0.2) is 5.84 Å². The fourth-order valence-corrected chi connectivity index (χ4v) is 1.18. The molecule has 5 heteroatoms.